The Morgan fingerprint density at radius 3 is 2.81 bits per heavy atom. The second-order valence-electron chi connectivity index (χ2n) is 6.39. The average molecular weight is 406 g/mol. The molecule has 2 aromatic heterocycles. The van der Waals surface area contributed by atoms with Gasteiger partial charge in [-0.2, -0.15) is 0 Å². The summed E-state index contributed by atoms with van der Waals surface area (Å²) in [5.74, 6) is 0.676. The molecule has 0 bridgehead atoms. The second-order valence-corrected chi connectivity index (χ2v) is 9.55. The summed E-state index contributed by atoms with van der Waals surface area (Å²) in [4.78, 5) is 18.8. The quantitative estimate of drug-likeness (QED) is 0.581. The number of carbonyl (C=O) groups is 1. The van der Waals surface area contributed by atoms with Crippen molar-refractivity contribution in [2.45, 2.75) is 24.2 Å². The zero-order valence-electron chi connectivity index (χ0n) is 14.4. The number of furan rings is 1. The van der Waals surface area contributed by atoms with Crippen LogP contribution in [0.5, 0.6) is 0 Å². The predicted octanol–water partition coefficient (Wildman–Crippen LogP) is 2.73. The number of thioether (sulfide) groups is 1. The molecule has 142 valence electrons. The van der Waals surface area contributed by atoms with Crippen LogP contribution in [0.15, 0.2) is 56.7 Å². The van der Waals surface area contributed by atoms with E-state index in [4.69, 9.17) is 8.83 Å². The Kier molecular flexibility index (Phi) is 4.96. The van der Waals surface area contributed by atoms with Crippen molar-refractivity contribution in [3.05, 3.63) is 48.4 Å². The maximum absolute atomic E-state index is 12.9. The monoisotopic (exact) mass is 406 g/mol. The molecule has 1 atom stereocenters. The van der Waals surface area contributed by atoms with E-state index in [0.717, 1.165) is 5.52 Å². The molecule has 4 rings (SSSR count). The summed E-state index contributed by atoms with van der Waals surface area (Å²) in [7, 11) is -3.10. The number of amides is 1. The van der Waals surface area contributed by atoms with E-state index in [2.05, 4.69) is 4.98 Å². The SMILES string of the molecule is O=C(CSc1nc2ccccc2o1)N(Cc1ccco1)[C@H]1CCS(=O)(=O)C1. The lowest BCUT2D eigenvalue weighted by Gasteiger charge is -2.27. The zero-order valence-corrected chi connectivity index (χ0v) is 16.0. The van der Waals surface area contributed by atoms with Crippen LogP contribution in [0.3, 0.4) is 0 Å². The molecule has 1 aliphatic heterocycles. The molecule has 1 fully saturated rings. The summed E-state index contributed by atoms with van der Waals surface area (Å²) in [5, 5.41) is 0.418. The third-order valence-electron chi connectivity index (χ3n) is 4.47. The van der Waals surface area contributed by atoms with Crippen LogP contribution in [0, 0.1) is 0 Å². The number of para-hydroxylation sites is 2. The van der Waals surface area contributed by atoms with E-state index in [0.29, 0.717) is 23.0 Å². The number of hydrogen-bond acceptors (Lipinski definition) is 7. The maximum Gasteiger partial charge on any atom is 0.257 e. The first-order valence-electron chi connectivity index (χ1n) is 8.51. The van der Waals surface area contributed by atoms with E-state index >= 15 is 0 Å². The van der Waals surface area contributed by atoms with E-state index < -0.39 is 9.84 Å². The number of benzene rings is 1. The summed E-state index contributed by atoms with van der Waals surface area (Å²) in [6, 6.07) is 10.6. The molecule has 27 heavy (non-hydrogen) atoms. The molecule has 0 N–H and O–H groups in total. The van der Waals surface area contributed by atoms with Gasteiger partial charge in [0, 0.05) is 6.04 Å². The van der Waals surface area contributed by atoms with E-state index in [1.165, 1.54) is 18.0 Å². The van der Waals surface area contributed by atoms with Crippen molar-refractivity contribution in [3.8, 4) is 0 Å². The van der Waals surface area contributed by atoms with E-state index in [1.54, 1.807) is 17.0 Å². The summed E-state index contributed by atoms with van der Waals surface area (Å²) in [6.07, 6.45) is 1.98. The predicted molar refractivity (Wildman–Crippen MR) is 101 cm³/mol. The zero-order chi connectivity index (χ0) is 18.9. The number of hydrogen-bond donors (Lipinski definition) is 0. The van der Waals surface area contributed by atoms with Gasteiger partial charge in [0.25, 0.3) is 5.22 Å². The Labute approximate surface area is 160 Å². The number of fused-ring (bicyclic) bond motifs is 1. The van der Waals surface area contributed by atoms with Gasteiger partial charge in [0.05, 0.1) is 30.1 Å². The second kappa shape index (κ2) is 7.40. The van der Waals surface area contributed by atoms with Crippen LogP contribution >= 0.6 is 11.8 Å². The highest BCUT2D eigenvalue weighted by Crippen LogP contribution is 2.26. The van der Waals surface area contributed by atoms with Gasteiger partial charge in [-0.05, 0) is 30.7 Å². The van der Waals surface area contributed by atoms with Crippen molar-refractivity contribution in [1.29, 1.82) is 0 Å². The van der Waals surface area contributed by atoms with Gasteiger partial charge in [-0.3, -0.25) is 4.79 Å². The molecular weight excluding hydrogens is 388 g/mol. The van der Waals surface area contributed by atoms with Gasteiger partial charge < -0.3 is 13.7 Å². The fourth-order valence-electron chi connectivity index (χ4n) is 3.13. The molecule has 1 aromatic carbocycles. The number of nitrogens with zero attached hydrogens (tertiary/aromatic N) is 2. The third kappa shape index (κ3) is 4.19. The number of rotatable bonds is 6. The minimum absolute atomic E-state index is 0.00694. The van der Waals surface area contributed by atoms with Crippen molar-refractivity contribution in [2.75, 3.05) is 17.3 Å². The fraction of sp³-hybridized carbons (Fsp3) is 0.333. The minimum atomic E-state index is -3.10. The Bertz CT molecular complexity index is 1010. The van der Waals surface area contributed by atoms with Gasteiger partial charge in [-0.1, -0.05) is 23.9 Å². The first-order chi connectivity index (χ1) is 13.0. The van der Waals surface area contributed by atoms with Crippen LogP contribution in [0.4, 0.5) is 0 Å². The lowest BCUT2D eigenvalue weighted by atomic mass is 10.2. The molecule has 0 saturated carbocycles. The highest BCUT2D eigenvalue weighted by atomic mass is 32.2. The van der Waals surface area contributed by atoms with Crippen LogP contribution in [0.1, 0.15) is 12.2 Å². The van der Waals surface area contributed by atoms with Crippen molar-refractivity contribution in [2.24, 2.45) is 0 Å². The van der Waals surface area contributed by atoms with Gasteiger partial charge in [-0.15, -0.1) is 0 Å². The number of oxazole rings is 1. The van der Waals surface area contributed by atoms with Gasteiger partial charge in [0.2, 0.25) is 5.91 Å². The maximum atomic E-state index is 12.9. The van der Waals surface area contributed by atoms with Crippen LogP contribution in [0.25, 0.3) is 11.1 Å². The molecule has 1 amide bonds. The van der Waals surface area contributed by atoms with Crippen molar-refractivity contribution in [3.63, 3.8) is 0 Å². The Morgan fingerprint density at radius 1 is 1.26 bits per heavy atom. The van der Waals surface area contributed by atoms with Gasteiger partial charge in [0.15, 0.2) is 15.4 Å². The number of carbonyl (C=O) groups excluding carboxylic acids is 1. The molecule has 1 saturated heterocycles. The molecule has 1 aliphatic rings. The smallest absolute Gasteiger partial charge is 0.257 e. The van der Waals surface area contributed by atoms with Crippen LogP contribution in [0.2, 0.25) is 0 Å². The van der Waals surface area contributed by atoms with Crippen molar-refractivity contribution >= 4 is 38.6 Å². The molecule has 3 heterocycles. The summed E-state index contributed by atoms with van der Waals surface area (Å²) in [5.41, 5.74) is 1.41. The summed E-state index contributed by atoms with van der Waals surface area (Å²) in [6.45, 7) is 0.250. The molecule has 0 radical (unpaired) electrons. The summed E-state index contributed by atoms with van der Waals surface area (Å²) < 4.78 is 34.7. The standard InChI is InChI=1S/C18H18N2O5S2/c21-17(11-26-18-19-15-5-1-2-6-16(15)25-18)20(10-14-4-3-8-24-14)13-7-9-27(22,23)12-13/h1-6,8,13H,7,9-12H2/t13-/m0/s1. The van der Waals surface area contributed by atoms with E-state index in [1.807, 2.05) is 24.3 Å². The third-order valence-corrected chi connectivity index (χ3v) is 7.03. The Morgan fingerprint density at radius 2 is 2.11 bits per heavy atom. The molecule has 0 spiro atoms. The molecule has 9 heteroatoms. The normalized spacial score (nSPS) is 18.7. The van der Waals surface area contributed by atoms with E-state index in [9.17, 15) is 13.2 Å². The molecular formula is C18H18N2O5S2. The molecule has 0 aliphatic carbocycles. The van der Waals surface area contributed by atoms with Gasteiger partial charge in [-0.25, -0.2) is 13.4 Å². The highest BCUT2D eigenvalue weighted by molar-refractivity contribution is 7.99. The Hall–Kier alpha value is -2.26. The van der Waals surface area contributed by atoms with E-state index in [-0.39, 0.29) is 35.8 Å². The van der Waals surface area contributed by atoms with Crippen LogP contribution < -0.4 is 0 Å². The van der Waals surface area contributed by atoms with Crippen LogP contribution in [-0.4, -0.2) is 47.5 Å². The lowest BCUT2D eigenvalue weighted by molar-refractivity contribution is -0.131. The largest absolute Gasteiger partial charge is 0.467 e. The number of sulfone groups is 1. The average Bonchev–Trinajstić information content (AvgIpc) is 3.36. The first-order valence-corrected chi connectivity index (χ1v) is 11.3. The van der Waals surface area contributed by atoms with Crippen LogP contribution in [-0.2, 0) is 21.2 Å². The molecule has 7 nitrogen and oxygen atoms in total. The molecule has 3 aromatic rings. The topological polar surface area (TPSA) is 93.6 Å². The first kappa shape index (κ1) is 18.1. The Balaban J connectivity index is 1.47. The number of aromatic nitrogens is 1. The highest BCUT2D eigenvalue weighted by Gasteiger charge is 2.35. The fourth-order valence-corrected chi connectivity index (χ4v) is 5.59. The lowest BCUT2D eigenvalue weighted by Crippen LogP contribution is -2.41. The summed E-state index contributed by atoms with van der Waals surface area (Å²) >= 11 is 1.20. The molecule has 0 unspecified atom stereocenters. The van der Waals surface area contributed by atoms with Gasteiger partial charge in [0.1, 0.15) is 11.3 Å². The van der Waals surface area contributed by atoms with Crippen molar-refractivity contribution in [1.82, 2.24) is 9.88 Å². The van der Waals surface area contributed by atoms with Crippen molar-refractivity contribution < 1.29 is 22.0 Å². The van der Waals surface area contributed by atoms with Gasteiger partial charge >= 0.3 is 0 Å². The minimum Gasteiger partial charge on any atom is -0.467 e.